The number of para-hydroxylation sites is 2. The number of hydrogen-bond donors (Lipinski definition) is 0. The Balaban J connectivity index is 1.76. The molecule has 0 atom stereocenters. The minimum atomic E-state index is -3.87. The van der Waals surface area contributed by atoms with Crippen molar-refractivity contribution in [1.82, 2.24) is 3.97 Å². The maximum Gasteiger partial charge on any atom is 0.268 e. The molecule has 0 radical (unpaired) electrons. The van der Waals surface area contributed by atoms with Crippen molar-refractivity contribution in [1.29, 1.82) is 0 Å². The lowest BCUT2D eigenvalue weighted by atomic mass is 9.94. The first-order valence-electron chi connectivity index (χ1n) is 11.4. The molecule has 0 bridgehead atoms. The number of rotatable bonds is 3. The molecule has 0 aliphatic heterocycles. The number of benzene rings is 5. The normalized spacial score (nSPS) is 12.2. The number of nitrogens with zero attached hydrogens (tertiary/aromatic N) is 1. The van der Waals surface area contributed by atoms with Crippen LogP contribution in [0.3, 0.4) is 0 Å². The summed E-state index contributed by atoms with van der Waals surface area (Å²) in [5.74, 6) is 0. The Labute approximate surface area is 201 Å². The predicted octanol–water partition coefficient (Wildman–Crippen LogP) is 7.60. The van der Waals surface area contributed by atoms with Gasteiger partial charge in [-0.15, -0.1) is 0 Å². The quantitative estimate of drug-likeness (QED) is 0.265. The van der Waals surface area contributed by atoms with Gasteiger partial charge in [-0.05, 0) is 29.8 Å². The van der Waals surface area contributed by atoms with E-state index in [-0.39, 0.29) is 4.90 Å². The smallest absolute Gasteiger partial charge is 0.268 e. The van der Waals surface area contributed by atoms with E-state index >= 15 is 0 Å². The fraction of sp³-hybridized carbons (Fsp3) is 0. The molecule has 0 N–H and O–H groups in total. The number of hydrogen-bond acceptors (Lipinski definition) is 3. The molecule has 0 saturated heterocycles. The van der Waals surface area contributed by atoms with Crippen LogP contribution in [0.5, 0.6) is 0 Å². The van der Waals surface area contributed by atoms with Gasteiger partial charge in [-0.2, -0.15) is 0 Å². The average Bonchev–Trinajstić information content (AvgIpc) is 3.44. The Morgan fingerprint density at radius 1 is 0.571 bits per heavy atom. The Bertz CT molecular complexity index is 2000. The summed E-state index contributed by atoms with van der Waals surface area (Å²) in [7, 11) is -3.87. The fourth-order valence-corrected chi connectivity index (χ4v) is 6.68. The first-order valence-corrected chi connectivity index (χ1v) is 12.8. The Morgan fingerprint density at radius 3 is 1.97 bits per heavy atom. The molecular weight excluding hydrogens is 454 g/mol. The third-order valence-corrected chi connectivity index (χ3v) is 8.34. The SMILES string of the molecule is O=S(=O)(c1ccccc1)n1c2ccccc2c2c(-c3ccccc3)c3c(cc21)oc1ccccc13. The van der Waals surface area contributed by atoms with Gasteiger partial charge in [0.25, 0.3) is 10.0 Å². The van der Waals surface area contributed by atoms with Crippen LogP contribution in [-0.4, -0.2) is 12.4 Å². The number of fused-ring (bicyclic) bond motifs is 6. The van der Waals surface area contributed by atoms with Crippen molar-refractivity contribution in [3.63, 3.8) is 0 Å². The minimum absolute atomic E-state index is 0.244. The van der Waals surface area contributed by atoms with Gasteiger partial charge in [-0.3, -0.25) is 0 Å². The molecule has 2 heterocycles. The van der Waals surface area contributed by atoms with Crippen molar-refractivity contribution < 1.29 is 12.8 Å². The van der Waals surface area contributed by atoms with Crippen LogP contribution < -0.4 is 0 Å². The summed E-state index contributed by atoms with van der Waals surface area (Å²) in [4.78, 5) is 0.244. The predicted molar refractivity (Wildman–Crippen MR) is 141 cm³/mol. The molecular formula is C30H19NO3S. The van der Waals surface area contributed by atoms with Crippen LogP contribution in [0.1, 0.15) is 0 Å². The zero-order valence-corrected chi connectivity index (χ0v) is 19.4. The van der Waals surface area contributed by atoms with Crippen LogP contribution in [-0.2, 0) is 10.0 Å². The highest BCUT2D eigenvalue weighted by atomic mass is 32.2. The van der Waals surface area contributed by atoms with Crippen LogP contribution in [0.2, 0.25) is 0 Å². The summed E-state index contributed by atoms with van der Waals surface area (Å²) < 4.78 is 35.8. The van der Waals surface area contributed by atoms with Gasteiger partial charge >= 0.3 is 0 Å². The molecule has 0 saturated carbocycles. The van der Waals surface area contributed by atoms with Crippen molar-refractivity contribution in [2.45, 2.75) is 4.90 Å². The van der Waals surface area contributed by atoms with Crippen LogP contribution in [0.25, 0.3) is 54.9 Å². The van der Waals surface area contributed by atoms with E-state index in [4.69, 9.17) is 4.42 Å². The van der Waals surface area contributed by atoms with Gasteiger partial charge in [0.05, 0.1) is 15.9 Å². The zero-order chi connectivity index (χ0) is 23.6. The molecule has 0 unspecified atom stereocenters. The summed E-state index contributed by atoms with van der Waals surface area (Å²) in [6.07, 6.45) is 0. The van der Waals surface area contributed by atoms with Gasteiger partial charge in [0.1, 0.15) is 11.2 Å². The maximum absolute atomic E-state index is 14.0. The summed E-state index contributed by atoms with van der Waals surface area (Å²) in [5.41, 5.74) is 4.65. The molecule has 0 fully saturated rings. The van der Waals surface area contributed by atoms with Gasteiger partial charge in [-0.25, -0.2) is 12.4 Å². The van der Waals surface area contributed by atoms with Gasteiger partial charge < -0.3 is 4.42 Å². The molecule has 5 aromatic carbocycles. The second-order valence-corrected chi connectivity index (χ2v) is 10.4. The molecule has 35 heavy (non-hydrogen) atoms. The lowest BCUT2D eigenvalue weighted by Gasteiger charge is -2.11. The molecule has 5 heteroatoms. The van der Waals surface area contributed by atoms with Crippen LogP contribution in [0, 0.1) is 0 Å². The van der Waals surface area contributed by atoms with E-state index in [1.165, 1.54) is 3.97 Å². The molecule has 0 aliphatic rings. The van der Waals surface area contributed by atoms with E-state index in [1.807, 2.05) is 72.8 Å². The summed E-state index contributed by atoms with van der Waals surface area (Å²) in [6, 6.07) is 36.2. The molecule has 168 valence electrons. The molecule has 2 aromatic heterocycles. The third kappa shape index (κ3) is 2.82. The maximum atomic E-state index is 14.0. The van der Waals surface area contributed by atoms with Crippen molar-refractivity contribution in [3.05, 3.63) is 115 Å². The summed E-state index contributed by atoms with van der Waals surface area (Å²) in [6.45, 7) is 0. The molecule has 0 spiro atoms. The first-order chi connectivity index (χ1) is 17.1. The number of furan rings is 1. The molecule has 0 aliphatic carbocycles. The highest BCUT2D eigenvalue weighted by molar-refractivity contribution is 7.90. The fourth-order valence-electron chi connectivity index (χ4n) is 5.15. The summed E-state index contributed by atoms with van der Waals surface area (Å²) in [5, 5.41) is 3.77. The van der Waals surface area contributed by atoms with Gasteiger partial charge in [0.2, 0.25) is 0 Å². The van der Waals surface area contributed by atoms with Gasteiger partial charge in [-0.1, -0.05) is 84.9 Å². The van der Waals surface area contributed by atoms with E-state index in [1.54, 1.807) is 24.3 Å². The van der Waals surface area contributed by atoms with Crippen LogP contribution in [0.15, 0.2) is 125 Å². The Kier molecular flexibility index (Phi) is 4.20. The molecule has 0 amide bonds. The second-order valence-electron chi connectivity index (χ2n) is 8.58. The van der Waals surface area contributed by atoms with E-state index in [0.29, 0.717) is 16.6 Å². The highest BCUT2D eigenvalue weighted by Crippen LogP contribution is 2.45. The molecule has 7 aromatic rings. The van der Waals surface area contributed by atoms with Crippen LogP contribution in [0.4, 0.5) is 0 Å². The Morgan fingerprint density at radius 2 is 1.20 bits per heavy atom. The van der Waals surface area contributed by atoms with Crippen molar-refractivity contribution in [2.75, 3.05) is 0 Å². The minimum Gasteiger partial charge on any atom is -0.456 e. The second kappa shape index (κ2) is 7.32. The van der Waals surface area contributed by atoms with E-state index in [0.717, 1.165) is 38.3 Å². The first kappa shape index (κ1) is 20.1. The van der Waals surface area contributed by atoms with Crippen molar-refractivity contribution >= 4 is 53.8 Å². The van der Waals surface area contributed by atoms with E-state index in [2.05, 4.69) is 18.2 Å². The topological polar surface area (TPSA) is 52.2 Å². The van der Waals surface area contributed by atoms with Crippen molar-refractivity contribution in [3.8, 4) is 11.1 Å². The highest BCUT2D eigenvalue weighted by Gasteiger charge is 2.27. The third-order valence-electron chi connectivity index (χ3n) is 6.60. The molecule has 7 rings (SSSR count). The van der Waals surface area contributed by atoms with Crippen molar-refractivity contribution in [2.24, 2.45) is 0 Å². The molecule has 4 nitrogen and oxygen atoms in total. The van der Waals surface area contributed by atoms with E-state index in [9.17, 15) is 8.42 Å². The number of aromatic nitrogens is 1. The largest absolute Gasteiger partial charge is 0.456 e. The standard InChI is InChI=1S/C30H19NO3S/c32-35(33,21-13-5-2-6-14-21)31-24-17-9-7-15-22(24)29-25(31)19-27-30(23-16-8-10-18-26(23)34-27)28(29)20-11-3-1-4-12-20/h1-19H. The lowest BCUT2D eigenvalue weighted by molar-refractivity contribution is 0.590. The lowest BCUT2D eigenvalue weighted by Crippen LogP contribution is -2.12. The van der Waals surface area contributed by atoms with Gasteiger partial charge in [0, 0.05) is 33.2 Å². The van der Waals surface area contributed by atoms with Crippen LogP contribution >= 0.6 is 0 Å². The zero-order valence-electron chi connectivity index (χ0n) is 18.5. The van der Waals surface area contributed by atoms with Gasteiger partial charge in [0.15, 0.2) is 0 Å². The van der Waals surface area contributed by atoms with E-state index < -0.39 is 10.0 Å². The average molecular weight is 474 g/mol. The monoisotopic (exact) mass is 473 g/mol. The Hall–Kier alpha value is -4.35. The summed E-state index contributed by atoms with van der Waals surface area (Å²) >= 11 is 0.